The lowest BCUT2D eigenvalue weighted by molar-refractivity contribution is -0.121. The summed E-state index contributed by atoms with van der Waals surface area (Å²) in [4.78, 5) is 30.8. The molecular formula is C20H21N5O3. The highest BCUT2D eigenvalue weighted by Crippen LogP contribution is 2.24. The molecule has 0 spiro atoms. The molecule has 0 atom stereocenters. The van der Waals surface area contributed by atoms with E-state index in [2.05, 4.69) is 15.5 Å². The maximum atomic E-state index is 12.9. The van der Waals surface area contributed by atoms with E-state index >= 15 is 0 Å². The maximum Gasteiger partial charge on any atom is 0.267 e. The smallest absolute Gasteiger partial charge is 0.267 e. The number of hydrogen-bond donors (Lipinski definition) is 2. The molecule has 8 heteroatoms. The molecule has 0 radical (unpaired) electrons. The Hall–Kier alpha value is -3.52. The van der Waals surface area contributed by atoms with E-state index < -0.39 is 0 Å². The second kappa shape index (κ2) is 8.45. The molecule has 0 saturated carbocycles. The van der Waals surface area contributed by atoms with Gasteiger partial charge in [-0.1, -0.05) is 24.3 Å². The van der Waals surface area contributed by atoms with Crippen LogP contribution in [0.3, 0.4) is 0 Å². The Morgan fingerprint density at radius 1 is 1.21 bits per heavy atom. The van der Waals surface area contributed by atoms with Gasteiger partial charge in [0, 0.05) is 29.9 Å². The van der Waals surface area contributed by atoms with E-state index in [4.69, 9.17) is 0 Å². The van der Waals surface area contributed by atoms with Crippen molar-refractivity contribution >= 4 is 22.9 Å². The van der Waals surface area contributed by atoms with E-state index in [1.807, 2.05) is 19.0 Å². The second-order valence-corrected chi connectivity index (χ2v) is 6.46. The molecule has 0 aliphatic rings. The largest absolute Gasteiger partial charge is 0.494 e. The number of nitrogens with zero attached hydrogens (tertiary/aromatic N) is 4. The molecular weight excluding hydrogens is 358 g/mol. The molecule has 1 amide bonds. The van der Waals surface area contributed by atoms with Gasteiger partial charge in [-0.25, -0.2) is 15.0 Å². The summed E-state index contributed by atoms with van der Waals surface area (Å²) < 4.78 is 1.12. The number of hydrazone groups is 1. The highest BCUT2D eigenvalue weighted by Gasteiger charge is 2.16. The molecule has 2 aromatic heterocycles. The van der Waals surface area contributed by atoms with E-state index in [9.17, 15) is 14.7 Å². The van der Waals surface area contributed by atoms with Crippen molar-refractivity contribution in [3.63, 3.8) is 0 Å². The van der Waals surface area contributed by atoms with E-state index in [0.717, 1.165) is 4.57 Å². The Kier molecular flexibility index (Phi) is 5.81. The fourth-order valence-corrected chi connectivity index (χ4v) is 2.74. The van der Waals surface area contributed by atoms with Crippen molar-refractivity contribution in [2.75, 3.05) is 20.6 Å². The molecule has 0 saturated heterocycles. The molecule has 0 fully saturated rings. The molecule has 3 aromatic rings. The summed E-state index contributed by atoms with van der Waals surface area (Å²) in [5.74, 6) is -0.249. The first-order chi connectivity index (χ1) is 13.5. The van der Waals surface area contributed by atoms with Gasteiger partial charge in [0.2, 0.25) is 11.8 Å². The first-order valence-corrected chi connectivity index (χ1v) is 8.74. The van der Waals surface area contributed by atoms with Crippen LogP contribution in [-0.2, 0) is 4.79 Å². The lowest BCUT2D eigenvalue weighted by Crippen LogP contribution is -2.24. The number of benzene rings is 1. The fraction of sp³-hybridized carbons (Fsp3) is 0.200. The van der Waals surface area contributed by atoms with Crippen LogP contribution in [-0.4, -0.2) is 52.3 Å². The molecule has 0 aliphatic carbocycles. The quantitative estimate of drug-likeness (QED) is 0.499. The lowest BCUT2D eigenvalue weighted by atomic mass is 10.1. The van der Waals surface area contributed by atoms with Crippen LogP contribution in [0.1, 0.15) is 12.0 Å². The summed E-state index contributed by atoms with van der Waals surface area (Å²) in [5, 5.41) is 15.7. The molecule has 8 nitrogen and oxygen atoms in total. The number of rotatable bonds is 6. The molecule has 28 heavy (non-hydrogen) atoms. The van der Waals surface area contributed by atoms with Crippen molar-refractivity contribution in [2.24, 2.45) is 5.10 Å². The third-order valence-electron chi connectivity index (χ3n) is 4.15. The molecule has 1 aromatic carbocycles. The summed E-state index contributed by atoms with van der Waals surface area (Å²) >= 11 is 0. The van der Waals surface area contributed by atoms with Gasteiger partial charge in [0.1, 0.15) is 5.82 Å². The number of carbonyl (C=O) groups excluding carboxylic acids is 1. The Labute approximate surface area is 161 Å². The normalized spacial score (nSPS) is 11.4. The van der Waals surface area contributed by atoms with Crippen LogP contribution in [0.2, 0.25) is 0 Å². The summed E-state index contributed by atoms with van der Waals surface area (Å²) in [6.45, 7) is 0.597. The zero-order valence-electron chi connectivity index (χ0n) is 15.7. The van der Waals surface area contributed by atoms with Crippen molar-refractivity contribution in [1.82, 2.24) is 19.9 Å². The van der Waals surface area contributed by atoms with Crippen LogP contribution in [0.5, 0.6) is 5.88 Å². The zero-order valence-corrected chi connectivity index (χ0v) is 15.7. The molecule has 144 valence electrons. The van der Waals surface area contributed by atoms with Gasteiger partial charge >= 0.3 is 0 Å². The zero-order chi connectivity index (χ0) is 20.1. The van der Waals surface area contributed by atoms with Gasteiger partial charge < -0.3 is 10.0 Å². The van der Waals surface area contributed by atoms with Crippen molar-refractivity contribution < 1.29 is 9.90 Å². The van der Waals surface area contributed by atoms with Crippen LogP contribution in [0, 0.1) is 0 Å². The Morgan fingerprint density at radius 2 is 1.93 bits per heavy atom. The van der Waals surface area contributed by atoms with Crippen molar-refractivity contribution in [1.29, 1.82) is 0 Å². The molecule has 3 rings (SSSR count). The third-order valence-corrected chi connectivity index (χ3v) is 4.15. The van der Waals surface area contributed by atoms with Crippen molar-refractivity contribution in [2.45, 2.75) is 6.42 Å². The standard InChI is InChI=1S/C20H21N5O3/c1-24(2)12-10-18(26)23-22-13-16-14-7-3-4-8-15(14)19(27)25(20(16)28)17-9-5-6-11-21-17/h3-9,11,13,28H,10,12H2,1-2H3,(H,23,26)/b22-13+. The van der Waals surface area contributed by atoms with E-state index in [1.54, 1.807) is 42.5 Å². The van der Waals surface area contributed by atoms with Crippen LogP contribution >= 0.6 is 0 Å². The van der Waals surface area contributed by atoms with E-state index in [0.29, 0.717) is 35.1 Å². The number of hydrogen-bond acceptors (Lipinski definition) is 6. The van der Waals surface area contributed by atoms with Gasteiger partial charge in [-0.15, -0.1) is 0 Å². The van der Waals surface area contributed by atoms with E-state index in [1.165, 1.54) is 12.4 Å². The van der Waals surface area contributed by atoms with Crippen LogP contribution < -0.4 is 11.0 Å². The van der Waals surface area contributed by atoms with Gasteiger partial charge in [0.25, 0.3) is 5.56 Å². The topological polar surface area (TPSA) is 99.8 Å². The molecule has 2 N–H and O–H groups in total. The highest BCUT2D eigenvalue weighted by molar-refractivity contribution is 6.01. The van der Waals surface area contributed by atoms with Crippen LogP contribution in [0.25, 0.3) is 16.6 Å². The van der Waals surface area contributed by atoms with Crippen molar-refractivity contribution in [3.8, 4) is 11.7 Å². The number of fused-ring (bicyclic) bond motifs is 1. The number of aromatic nitrogens is 2. The molecule has 0 aliphatic heterocycles. The highest BCUT2D eigenvalue weighted by atomic mass is 16.3. The van der Waals surface area contributed by atoms with Gasteiger partial charge in [-0.05, 0) is 32.3 Å². The average molecular weight is 379 g/mol. The third kappa shape index (κ3) is 4.07. The Bertz CT molecular complexity index is 1070. The number of carbonyl (C=O) groups is 1. The Balaban J connectivity index is 2.03. The van der Waals surface area contributed by atoms with Gasteiger partial charge in [-0.3, -0.25) is 9.59 Å². The predicted molar refractivity (Wildman–Crippen MR) is 108 cm³/mol. The summed E-state index contributed by atoms with van der Waals surface area (Å²) in [7, 11) is 3.75. The average Bonchev–Trinajstić information content (AvgIpc) is 2.70. The maximum absolute atomic E-state index is 12.9. The summed E-state index contributed by atoms with van der Waals surface area (Å²) in [5.41, 5.74) is 2.37. The lowest BCUT2D eigenvalue weighted by Gasteiger charge is -2.12. The number of pyridine rings is 2. The number of nitrogens with one attached hydrogen (secondary N) is 1. The minimum absolute atomic E-state index is 0.244. The molecule has 0 unspecified atom stereocenters. The van der Waals surface area contributed by atoms with Crippen LogP contribution in [0.4, 0.5) is 0 Å². The summed E-state index contributed by atoms with van der Waals surface area (Å²) in [6.07, 6.45) is 3.17. The van der Waals surface area contributed by atoms with Crippen molar-refractivity contribution in [3.05, 3.63) is 64.6 Å². The SMILES string of the molecule is CN(C)CCC(=O)N/N=C/c1c(O)n(-c2ccccn2)c(=O)c2ccccc12. The number of amides is 1. The fourth-order valence-electron chi connectivity index (χ4n) is 2.74. The predicted octanol–water partition coefficient (Wildman–Crippen LogP) is 1.49. The molecule has 2 heterocycles. The first-order valence-electron chi connectivity index (χ1n) is 8.74. The minimum atomic E-state index is -0.390. The molecule has 0 bridgehead atoms. The van der Waals surface area contributed by atoms with Gasteiger partial charge in [0.05, 0.1) is 11.8 Å². The summed E-state index contributed by atoms with van der Waals surface area (Å²) in [6, 6.07) is 12.0. The Morgan fingerprint density at radius 3 is 2.61 bits per heavy atom. The minimum Gasteiger partial charge on any atom is -0.494 e. The van der Waals surface area contributed by atoms with Gasteiger partial charge in [0.15, 0.2) is 0 Å². The second-order valence-electron chi connectivity index (χ2n) is 6.46. The van der Waals surface area contributed by atoms with Gasteiger partial charge in [-0.2, -0.15) is 5.10 Å². The first kappa shape index (κ1) is 19.2. The van der Waals surface area contributed by atoms with Crippen LogP contribution in [0.15, 0.2) is 58.6 Å². The van der Waals surface area contributed by atoms with E-state index in [-0.39, 0.29) is 17.3 Å². The number of aromatic hydroxyl groups is 1. The monoisotopic (exact) mass is 379 g/mol.